The molecule has 0 aliphatic heterocycles. The van der Waals surface area contributed by atoms with Gasteiger partial charge in [0.05, 0.1) is 18.0 Å². The molecule has 0 heterocycles. The molecule has 92 valence electrons. The highest BCUT2D eigenvalue weighted by atomic mass is 16.6. The lowest BCUT2D eigenvalue weighted by molar-refractivity contribution is -0.384. The Hall–Kier alpha value is -1.95. The van der Waals surface area contributed by atoms with E-state index >= 15 is 0 Å². The molecule has 1 aromatic carbocycles. The maximum absolute atomic E-state index is 11.2. The highest BCUT2D eigenvalue weighted by Crippen LogP contribution is 2.20. The molecule has 0 unspecified atom stereocenters. The minimum atomic E-state index is -0.589. The predicted molar refractivity (Wildman–Crippen MR) is 61.3 cm³/mol. The van der Waals surface area contributed by atoms with Crippen molar-refractivity contribution in [3.8, 4) is 0 Å². The SMILES string of the molecule is CCOC(=O)C[C@@H](N)c1cccc([N+](=O)[O-])c1. The molecule has 0 aromatic heterocycles. The largest absolute Gasteiger partial charge is 0.466 e. The number of carbonyl (C=O) groups is 1. The topological polar surface area (TPSA) is 95.5 Å². The second-order valence-corrected chi connectivity index (χ2v) is 3.47. The number of hydrogen-bond donors (Lipinski definition) is 1. The van der Waals surface area contributed by atoms with E-state index in [0.29, 0.717) is 12.2 Å². The predicted octanol–water partition coefficient (Wildman–Crippen LogP) is 1.55. The highest BCUT2D eigenvalue weighted by molar-refractivity contribution is 5.70. The first-order valence-electron chi connectivity index (χ1n) is 5.20. The quantitative estimate of drug-likeness (QED) is 0.477. The van der Waals surface area contributed by atoms with E-state index in [2.05, 4.69) is 0 Å². The van der Waals surface area contributed by atoms with Gasteiger partial charge in [-0.25, -0.2) is 0 Å². The van der Waals surface area contributed by atoms with Gasteiger partial charge in [0.2, 0.25) is 0 Å². The molecular formula is C11H14N2O4. The minimum absolute atomic E-state index is 0.00894. The molecule has 1 rings (SSSR count). The molecular weight excluding hydrogens is 224 g/mol. The molecule has 0 bridgehead atoms. The number of hydrogen-bond acceptors (Lipinski definition) is 5. The van der Waals surface area contributed by atoms with E-state index in [4.69, 9.17) is 10.5 Å². The van der Waals surface area contributed by atoms with E-state index in [9.17, 15) is 14.9 Å². The lowest BCUT2D eigenvalue weighted by Crippen LogP contribution is -2.17. The number of esters is 1. The standard InChI is InChI=1S/C11H14N2O4/c1-2-17-11(14)7-10(12)8-4-3-5-9(6-8)13(15)16/h3-6,10H,2,7,12H2,1H3/t10-/m1/s1. The first-order chi connectivity index (χ1) is 8.04. The first kappa shape index (κ1) is 13.1. The summed E-state index contributed by atoms with van der Waals surface area (Å²) in [5.41, 5.74) is 6.28. The fourth-order valence-corrected chi connectivity index (χ4v) is 1.39. The number of non-ortho nitro benzene ring substituents is 1. The zero-order valence-corrected chi connectivity index (χ0v) is 9.46. The van der Waals surface area contributed by atoms with Crippen LogP contribution < -0.4 is 5.73 Å². The molecule has 6 nitrogen and oxygen atoms in total. The molecule has 0 aliphatic carbocycles. The van der Waals surface area contributed by atoms with Gasteiger partial charge >= 0.3 is 5.97 Å². The van der Waals surface area contributed by atoms with Crippen molar-refractivity contribution in [2.75, 3.05) is 6.61 Å². The number of rotatable bonds is 5. The van der Waals surface area contributed by atoms with Gasteiger partial charge in [0, 0.05) is 18.2 Å². The fraction of sp³-hybridized carbons (Fsp3) is 0.364. The molecule has 17 heavy (non-hydrogen) atoms. The van der Waals surface area contributed by atoms with E-state index in [1.54, 1.807) is 19.1 Å². The normalized spacial score (nSPS) is 11.9. The van der Waals surface area contributed by atoms with Gasteiger partial charge in [0.25, 0.3) is 5.69 Å². The monoisotopic (exact) mass is 238 g/mol. The summed E-state index contributed by atoms with van der Waals surface area (Å²) < 4.78 is 4.76. The van der Waals surface area contributed by atoms with Gasteiger partial charge in [-0.15, -0.1) is 0 Å². The average Bonchev–Trinajstić information content (AvgIpc) is 2.29. The second-order valence-electron chi connectivity index (χ2n) is 3.47. The van der Waals surface area contributed by atoms with Crippen molar-refractivity contribution in [1.29, 1.82) is 0 Å². The van der Waals surface area contributed by atoms with E-state index in [-0.39, 0.29) is 12.1 Å². The van der Waals surface area contributed by atoms with Crippen LogP contribution in [0.2, 0.25) is 0 Å². The second kappa shape index (κ2) is 5.95. The summed E-state index contributed by atoms with van der Waals surface area (Å²) in [6.07, 6.45) is 0.00894. The Morgan fingerprint density at radius 3 is 2.88 bits per heavy atom. The van der Waals surface area contributed by atoms with Crippen LogP contribution in [0.1, 0.15) is 24.9 Å². The van der Waals surface area contributed by atoms with Gasteiger partial charge in [-0.05, 0) is 12.5 Å². The Labute approximate surface area is 98.5 Å². The fourth-order valence-electron chi connectivity index (χ4n) is 1.39. The number of nitrogens with zero attached hydrogens (tertiary/aromatic N) is 1. The van der Waals surface area contributed by atoms with Gasteiger partial charge in [0.15, 0.2) is 0 Å². The molecule has 6 heteroatoms. The van der Waals surface area contributed by atoms with Crippen LogP contribution in [0.3, 0.4) is 0 Å². The minimum Gasteiger partial charge on any atom is -0.466 e. The maximum Gasteiger partial charge on any atom is 0.307 e. The molecule has 0 saturated heterocycles. The summed E-state index contributed by atoms with van der Waals surface area (Å²) in [4.78, 5) is 21.3. The number of benzene rings is 1. The van der Waals surface area contributed by atoms with Crippen molar-refractivity contribution in [2.24, 2.45) is 5.73 Å². The van der Waals surface area contributed by atoms with Crippen molar-refractivity contribution in [3.05, 3.63) is 39.9 Å². The van der Waals surface area contributed by atoms with Crippen molar-refractivity contribution in [2.45, 2.75) is 19.4 Å². The van der Waals surface area contributed by atoms with Crippen LogP contribution in [0.15, 0.2) is 24.3 Å². The molecule has 1 atom stereocenters. The van der Waals surface area contributed by atoms with Crippen LogP contribution in [0.5, 0.6) is 0 Å². The van der Waals surface area contributed by atoms with Crippen LogP contribution in [0.4, 0.5) is 5.69 Å². The Morgan fingerprint density at radius 1 is 1.59 bits per heavy atom. The van der Waals surface area contributed by atoms with Crippen molar-refractivity contribution < 1.29 is 14.5 Å². The maximum atomic E-state index is 11.2. The number of nitro benzene ring substituents is 1. The van der Waals surface area contributed by atoms with Crippen molar-refractivity contribution in [1.82, 2.24) is 0 Å². The Bertz CT molecular complexity index is 420. The third-order valence-electron chi connectivity index (χ3n) is 2.20. The van der Waals surface area contributed by atoms with Gasteiger partial charge < -0.3 is 10.5 Å². The number of nitro groups is 1. The number of nitrogens with two attached hydrogens (primary N) is 1. The molecule has 0 spiro atoms. The zero-order valence-electron chi connectivity index (χ0n) is 9.46. The molecule has 0 aliphatic rings. The van der Waals surface area contributed by atoms with E-state index < -0.39 is 16.9 Å². The molecule has 1 aromatic rings. The Kier molecular flexibility index (Phi) is 4.59. The molecule has 0 fully saturated rings. The van der Waals surface area contributed by atoms with E-state index in [1.807, 2.05) is 0 Å². The van der Waals surface area contributed by atoms with Gasteiger partial charge in [-0.1, -0.05) is 12.1 Å². The third kappa shape index (κ3) is 3.84. The number of carbonyl (C=O) groups excluding carboxylic acids is 1. The molecule has 2 N–H and O–H groups in total. The van der Waals surface area contributed by atoms with Gasteiger partial charge in [0.1, 0.15) is 0 Å². The molecule has 0 saturated carbocycles. The van der Waals surface area contributed by atoms with Crippen LogP contribution >= 0.6 is 0 Å². The summed E-state index contributed by atoms with van der Waals surface area (Å²) in [6.45, 7) is 2.00. The highest BCUT2D eigenvalue weighted by Gasteiger charge is 2.15. The molecule has 0 amide bonds. The van der Waals surface area contributed by atoms with E-state index in [0.717, 1.165) is 0 Å². The van der Waals surface area contributed by atoms with Crippen LogP contribution in [0, 0.1) is 10.1 Å². The lowest BCUT2D eigenvalue weighted by Gasteiger charge is -2.10. The van der Waals surface area contributed by atoms with Crippen molar-refractivity contribution >= 4 is 11.7 Å². The zero-order chi connectivity index (χ0) is 12.8. The number of ether oxygens (including phenoxy) is 1. The van der Waals surface area contributed by atoms with Crippen LogP contribution in [-0.2, 0) is 9.53 Å². The Balaban J connectivity index is 2.75. The van der Waals surface area contributed by atoms with E-state index in [1.165, 1.54) is 12.1 Å². The van der Waals surface area contributed by atoms with Crippen LogP contribution in [0.25, 0.3) is 0 Å². The summed E-state index contributed by atoms with van der Waals surface area (Å²) in [7, 11) is 0. The summed E-state index contributed by atoms with van der Waals surface area (Å²) in [5, 5.41) is 10.6. The summed E-state index contributed by atoms with van der Waals surface area (Å²) in [6, 6.07) is 5.34. The summed E-state index contributed by atoms with van der Waals surface area (Å²) in [5.74, 6) is -0.411. The smallest absolute Gasteiger partial charge is 0.307 e. The Morgan fingerprint density at radius 2 is 2.29 bits per heavy atom. The lowest BCUT2D eigenvalue weighted by atomic mass is 10.0. The van der Waals surface area contributed by atoms with Crippen LogP contribution in [-0.4, -0.2) is 17.5 Å². The summed E-state index contributed by atoms with van der Waals surface area (Å²) >= 11 is 0. The average molecular weight is 238 g/mol. The van der Waals surface area contributed by atoms with Crippen molar-refractivity contribution in [3.63, 3.8) is 0 Å². The van der Waals surface area contributed by atoms with Gasteiger partial charge in [-0.2, -0.15) is 0 Å². The third-order valence-corrected chi connectivity index (χ3v) is 2.20. The first-order valence-corrected chi connectivity index (χ1v) is 5.20. The van der Waals surface area contributed by atoms with Gasteiger partial charge in [-0.3, -0.25) is 14.9 Å². The molecule has 0 radical (unpaired) electrons.